The minimum Gasteiger partial charge on any atom is -0.469 e. The molecule has 0 aliphatic heterocycles. The predicted molar refractivity (Wildman–Crippen MR) is 81.3 cm³/mol. The van der Waals surface area contributed by atoms with E-state index in [1.54, 1.807) is 0 Å². The van der Waals surface area contributed by atoms with Crippen LogP contribution in [0.15, 0.2) is 0 Å². The number of rotatable bonds is 4. The predicted octanol–water partition coefficient (Wildman–Crippen LogP) is 3.65. The number of ether oxygens (including phenoxy) is 1. The summed E-state index contributed by atoms with van der Waals surface area (Å²) >= 11 is 0. The summed E-state index contributed by atoms with van der Waals surface area (Å²) in [5, 5.41) is 10.6. The Morgan fingerprint density at radius 1 is 1.15 bits per heavy atom. The van der Waals surface area contributed by atoms with Crippen molar-refractivity contribution in [1.82, 2.24) is 0 Å². The normalized spacial score (nSPS) is 27.2. The van der Waals surface area contributed by atoms with E-state index in [4.69, 9.17) is 4.74 Å². The van der Waals surface area contributed by atoms with Gasteiger partial charge in [-0.05, 0) is 48.9 Å². The largest absolute Gasteiger partial charge is 0.469 e. The molecule has 0 radical (unpaired) electrons. The molecule has 0 heterocycles. The van der Waals surface area contributed by atoms with Gasteiger partial charge in [0.05, 0.1) is 19.1 Å². The van der Waals surface area contributed by atoms with Gasteiger partial charge in [0.2, 0.25) is 0 Å². The molecular weight excluding hydrogens is 252 g/mol. The first-order chi connectivity index (χ1) is 9.18. The lowest BCUT2D eigenvalue weighted by Gasteiger charge is -2.40. The third-order valence-electron chi connectivity index (χ3n) is 5.04. The number of hydrogen-bond donors (Lipinski definition) is 1. The van der Waals surface area contributed by atoms with E-state index in [2.05, 4.69) is 20.8 Å². The van der Waals surface area contributed by atoms with Gasteiger partial charge in [-0.25, -0.2) is 0 Å². The smallest absolute Gasteiger partial charge is 0.311 e. The number of hydrogen-bond acceptors (Lipinski definition) is 3. The lowest BCUT2D eigenvalue weighted by atomic mass is 9.67. The molecule has 0 aromatic carbocycles. The van der Waals surface area contributed by atoms with E-state index in [0.717, 1.165) is 31.6 Å². The lowest BCUT2D eigenvalue weighted by Crippen LogP contribution is -2.40. The van der Waals surface area contributed by atoms with Crippen LogP contribution in [0.1, 0.15) is 60.3 Å². The van der Waals surface area contributed by atoms with Crippen LogP contribution < -0.4 is 0 Å². The summed E-state index contributed by atoms with van der Waals surface area (Å²) in [5.74, 6) is 0.404. The van der Waals surface area contributed by atoms with Crippen LogP contribution in [0, 0.1) is 29.1 Å². The average molecular weight is 284 g/mol. The molecule has 1 rings (SSSR count). The molecule has 118 valence electrons. The summed E-state index contributed by atoms with van der Waals surface area (Å²) in [6.07, 6.45) is 3.77. The molecule has 3 heteroatoms. The van der Waals surface area contributed by atoms with Gasteiger partial charge in [-0.15, -0.1) is 0 Å². The van der Waals surface area contributed by atoms with E-state index in [9.17, 15) is 9.90 Å². The highest BCUT2D eigenvalue weighted by Crippen LogP contribution is 2.42. The summed E-state index contributed by atoms with van der Waals surface area (Å²) < 4.78 is 4.86. The van der Waals surface area contributed by atoms with Crippen molar-refractivity contribution in [1.29, 1.82) is 0 Å². The average Bonchev–Trinajstić information content (AvgIpc) is 2.37. The Labute approximate surface area is 124 Å². The third kappa shape index (κ3) is 4.21. The van der Waals surface area contributed by atoms with Gasteiger partial charge < -0.3 is 9.84 Å². The minimum absolute atomic E-state index is 0.109. The minimum atomic E-state index is -0.566. The Morgan fingerprint density at radius 3 is 2.00 bits per heavy atom. The van der Waals surface area contributed by atoms with Crippen molar-refractivity contribution in [2.75, 3.05) is 7.11 Å². The van der Waals surface area contributed by atoms with Crippen LogP contribution in [0.3, 0.4) is 0 Å². The first-order valence-electron chi connectivity index (χ1n) is 7.94. The lowest BCUT2D eigenvalue weighted by molar-refractivity contribution is -0.154. The van der Waals surface area contributed by atoms with E-state index >= 15 is 0 Å². The second kappa shape index (κ2) is 6.93. The molecule has 1 aliphatic rings. The molecule has 0 amide bonds. The highest BCUT2D eigenvalue weighted by atomic mass is 16.5. The second-order valence-corrected chi connectivity index (χ2v) is 7.76. The number of methoxy groups -OCH3 is 1. The van der Waals surface area contributed by atoms with Gasteiger partial charge in [-0.3, -0.25) is 4.79 Å². The zero-order valence-electron chi connectivity index (χ0n) is 14.0. The molecule has 0 saturated heterocycles. The van der Waals surface area contributed by atoms with Crippen LogP contribution in [-0.4, -0.2) is 24.3 Å². The van der Waals surface area contributed by atoms with Crippen LogP contribution in [-0.2, 0) is 9.53 Å². The maximum atomic E-state index is 11.9. The maximum Gasteiger partial charge on any atom is 0.311 e. The summed E-state index contributed by atoms with van der Waals surface area (Å²) in [6.45, 7) is 10.8. The van der Waals surface area contributed by atoms with E-state index in [0.29, 0.717) is 5.41 Å². The maximum absolute atomic E-state index is 11.9. The van der Waals surface area contributed by atoms with Crippen molar-refractivity contribution in [2.24, 2.45) is 29.1 Å². The molecule has 0 bridgehead atoms. The molecule has 3 nitrogen and oxygen atoms in total. The van der Waals surface area contributed by atoms with Crippen LogP contribution >= 0.6 is 0 Å². The van der Waals surface area contributed by atoms with Gasteiger partial charge in [-0.1, -0.05) is 34.6 Å². The Morgan fingerprint density at radius 2 is 1.65 bits per heavy atom. The number of carbonyl (C=O) groups excluding carboxylic acids is 1. The number of carbonyl (C=O) groups is 1. The fourth-order valence-electron chi connectivity index (χ4n) is 3.56. The Kier molecular flexibility index (Phi) is 6.06. The van der Waals surface area contributed by atoms with Crippen LogP contribution in [0.5, 0.6) is 0 Å². The molecule has 0 aromatic heterocycles. The summed E-state index contributed by atoms with van der Waals surface area (Å²) in [4.78, 5) is 11.9. The molecule has 0 aromatic rings. The van der Waals surface area contributed by atoms with E-state index < -0.39 is 12.0 Å². The van der Waals surface area contributed by atoms with Crippen molar-refractivity contribution in [3.8, 4) is 0 Å². The molecule has 2 unspecified atom stereocenters. The van der Waals surface area contributed by atoms with Crippen molar-refractivity contribution in [2.45, 2.75) is 66.4 Å². The molecular formula is C17H32O3. The summed E-state index contributed by atoms with van der Waals surface area (Å²) in [6, 6.07) is 0. The second-order valence-electron chi connectivity index (χ2n) is 7.76. The van der Waals surface area contributed by atoms with Gasteiger partial charge in [0.25, 0.3) is 0 Å². The van der Waals surface area contributed by atoms with Crippen molar-refractivity contribution >= 4 is 5.97 Å². The Hall–Kier alpha value is -0.570. The number of aliphatic hydroxyl groups is 1. The molecule has 0 spiro atoms. The first kappa shape index (κ1) is 17.5. The molecule has 2 atom stereocenters. The Balaban J connectivity index is 2.65. The summed E-state index contributed by atoms with van der Waals surface area (Å²) in [5.41, 5.74) is 0.343. The Bertz CT molecular complexity index is 309. The van der Waals surface area contributed by atoms with Gasteiger partial charge in [-0.2, -0.15) is 0 Å². The van der Waals surface area contributed by atoms with Gasteiger partial charge >= 0.3 is 5.97 Å². The standard InChI is InChI=1S/C17H32O3/c1-11(2)14(16(19)20-6)15(18)12-7-9-13(10-8-12)17(3,4)5/h11-15,18H,7-10H2,1-6H3. The fraction of sp³-hybridized carbons (Fsp3) is 0.941. The zero-order valence-corrected chi connectivity index (χ0v) is 14.0. The van der Waals surface area contributed by atoms with Gasteiger partial charge in [0, 0.05) is 0 Å². The fourth-order valence-corrected chi connectivity index (χ4v) is 3.56. The SMILES string of the molecule is COC(=O)C(C(C)C)C(O)C1CCC(C(C)(C)C)CC1. The van der Waals surface area contributed by atoms with Crippen molar-refractivity contribution < 1.29 is 14.6 Å². The number of aliphatic hydroxyl groups excluding tert-OH is 1. The van der Waals surface area contributed by atoms with Gasteiger partial charge in [0.1, 0.15) is 0 Å². The number of esters is 1. The first-order valence-corrected chi connectivity index (χ1v) is 7.94. The molecule has 1 saturated carbocycles. The topological polar surface area (TPSA) is 46.5 Å². The molecule has 1 aliphatic carbocycles. The van der Waals surface area contributed by atoms with Gasteiger partial charge in [0.15, 0.2) is 0 Å². The monoisotopic (exact) mass is 284 g/mol. The van der Waals surface area contributed by atoms with Crippen LogP contribution in [0.25, 0.3) is 0 Å². The van der Waals surface area contributed by atoms with Crippen molar-refractivity contribution in [3.05, 3.63) is 0 Å². The quantitative estimate of drug-likeness (QED) is 0.802. The highest BCUT2D eigenvalue weighted by Gasteiger charge is 2.39. The zero-order chi connectivity index (χ0) is 15.5. The van der Waals surface area contributed by atoms with E-state index in [-0.39, 0.29) is 17.8 Å². The molecule has 20 heavy (non-hydrogen) atoms. The molecule has 1 N–H and O–H groups in total. The van der Waals surface area contributed by atoms with E-state index in [1.807, 2.05) is 13.8 Å². The van der Waals surface area contributed by atoms with E-state index in [1.165, 1.54) is 7.11 Å². The van der Waals surface area contributed by atoms with Crippen LogP contribution in [0.2, 0.25) is 0 Å². The van der Waals surface area contributed by atoms with Crippen LogP contribution in [0.4, 0.5) is 0 Å². The summed E-state index contributed by atoms with van der Waals surface area (Å²) in [7, 11) is 1.40. The highest BCUT2D eigenvalue weighted by molar-refractivity contribution is 5.73. The van der Waals surface area contributed by atoms with Crippen molar-refractivity contribution in [3.63, 3.8) is 0 Å². The molecule has 1 fully saturated rings. The third-order valence-corrected chi connectivity index (χ3v) is 5.04.